The molecule has 1 aromatic rings. The minimum atomic E-state index is 0.186. The summed E-state index contributed by atoms with van der Waals surface area (Å²) >= 11 is 6.25. The highest BCUT2D eigenvalue weighted by Gasteiger charge is 2.42. The number of benzene rings is 1. The van der Waals surface area contributed by atoms with E-state index in [-0.39, 0.29) is 11.3 Å². The van der Waals surface area contributed by atoms with Gasteiger partial charge in [0.25, 0.3) is 5.91 Å². The number of alkyl halides is 1. The minimum Gasteiger partial charge on any atom is -0.333 e. The first-order valence-electron chi connectivity index (χ1n) is 6.68. The smallest absolute Gasteiger partial charge is 0.254 e. The molecule has 3 heteroatoms. The molecular formula is C15H18ClNO. The Hall–Kier alpha value is -1.02. The predicted molar refractivity (Wildman–Crippen MR) is 73.0 cm³/mol. The summed E-state index contributed by atoms with van der Waals surface area (Å²) in [7, 11) is 0. The molecule has 2 bridgehead atoms. The Morgan fingerprint density at radius 1 is 1.17 bits per heavy atom. The second-order valence-electron chi connectivity index (χ2n) is 5.53. The van der Waals surface area contributed by atoms with Gasteiger partial charge in [0.15, 0.2) is 0 Å². The van der Waals surface area contributed by atoms with Crippen LogP contribution in [0.25, 0.3) is 0 Å². The van der Waals surface area contributed by atoms with Crippen molar-refractivity contribution in [1.82, 2.24) is 4.90 Å². The number of fused-ring (bicyclic) bond motifs is 2. The van der Waals surface area contributed by atoms with Crippen LogP contribution < -0.4 is 0 Å². The third-order valence-corrected chi connectivity index (χ3v) is 4.56. The zero-order valence-electron chi connectivity index (χ0n) is 10.6. The first kappa shape index (κ1) is 12.0. The van der Waals surface area contributed by atoms with Gasteiger partial charge in [-0.15, -0.1) is 11.6 Å². The number of carbonyl (C=O) groups is 1. The molecule has 0 aliphatic carbocycles. The third-order valence-electron chi connectivity index (χ3n) is 4.21. The number of hydrogen-bond acceptors (Lipinski definition) is 1. The second-order valence-corrected chi connectivity index (χ2v) is 6.15. The molecule has 2 unspecified atom stereocenters. The van der Waals surface area contributed by atoms with Gasteiger partial charge in [-0.1, -0.05) is 17.7 Å². The van der Waals surface area contributed by atoms with Crippen LogP contribution in [0.2, 0.25) is 0 Å². The summed E-state index contributed by atoms with van der Waals surface area (Å²) in [6.45, 7) is 2.04. The van der Waals surface area contributed by atoms with Gasteiger partial charge in [-0.05, 0) is 44.7 Å². The standard InChI is InChI=1S/C15H18ClNO/c1-10-2-4-11(5-3-10)15(18)17-13-6-7-14(17)9-12(16)8-13/h2-5,12-14H,6-9H2,1H3. The van der Waals surface area contributed by atoms with Gasteiger partial charge < -0.3 is 4.90 Å². The van der Waals surface area contributed by atoms with E-state index in [2.05, 4.69) is 4.90 Å². The Morgan fingerprint density at radius 2 is 1.72 bits per heavy atom. The van der Waals surface area contributed by atoms with Gasteiger partial charge in [-0.3, -0.25) is 4.79 Å². The highest BCUT2D eigenvalue weighted by molar-refractivity contribution is 6.20. The van der Waals surface area contributed by atoms with E-state index in [1.54, 1.807) is 0 Å². The molecule has 2 heterocycles. The summed E-state index contributed by atoms with van der Waals surface area (Å²) in [5, 5.41) is 0.254. The highest BCUT2D eigenvalue weighted by atomic mass is 35.5. The molecule has 0 radical (unpaired) electrons. The van der Waals surface area contributed by atoms with E-state index >= 15 is 0 Å². The predicted octanol–water partition coefficient (Wildman–Crippen LogP) is 3.37. The topological polar surface area (TPSA) is 20.3 Å². The van der Waals surface area contributed by atoms with Crippen LogP contribution in [0.3, 0.4) is 0 Å². The largest absolute Gasteiger partial charge is 0.333 e. The third kappa shape index (κ3) is 2.03. The van der Waals surface area contributed by atoms with E-state index in [1.165, 1.54) is 5.56 Å². The first-order valence-corrected chi connectivity index (χ1v) is 7.12. The van der Waals surface area contributed by atoms with Crippen molar-refractivity contribution >= 4 is 17.5 Å². The van der Waals surface area contributed by atoms with Gasteiger partial charge in [0, 0.05) is 23.0 Å². The fraction of sp³-hybridized carbons (Fsp3) is 0.533. The Balaban J connectivity index is 1.83. The number of hydrogen-bond donors (Lipinski definition) is 0. The summed E-state index contributed by atoms with van der Waals surface area (Å²) in [6.07, 6.45) is 4.14. The maximum Gasteiger partial charge on any atom is 0.254 e. The van der Waals surface area contributed by atoms with E-state index in [4.69, 9.17) is 11.6 Å². The van der Waals surface area contributed by atoms with Gasteiger partial charge in [0.1, 0.15) is 0 Å². The number of rotatable bonds is 1. The number of carbonyl (C=O) groups excluding carboxylic acids is 1. The van der Waals surface area contributed by atoms with Crippen molar-refractivity contribution in [1.29, 1.82) is 0 Å². The SMILES string of the molecule is Cc1ccc(C(=O)N2C3CCC2CC(Cl)C3)cc1. The van der Waals surface area contributed by atoms with Crippen LogP contribution in [0, 0.1) is 6.92 Å². The molecule has 2 saturated heterocycles. The van der Waals surface area contributed by atoms with Crippen LogP contribution in [0.5, 0.6) is 0 Å². The van der Waals surface area contributed by atoms with Crippen molar-refractivity contribution in [2.75, 3.05) is 0 Å². The zero-order valence-corrected chi connectivity index (χ0v) is 11.4. The highest BCUT2D eigenvalue weighted by Crippen LogP contribution is 2.38. The molecule has 1 amide bonds. The monoisotopic (exact) mass is 263 g/mol. The van der Waals surface area contributed by atoms with Crippen molar-refractivity contribution in [3.63, 3.8) is 0 Å². The average molecular weight is 264 g/mol. The summed E-state index contributed by atoms with van der Waals surface area (Å²) in [5.74, 6) is 0.186. The maximum absolute atomic E-state index is 12.6. The molecule has 1 aromatic carbocycles. The maximum atomic E-state index is 12.6. The van der Waals surface area contributed by atoms with Crippen LogP contribution in [0.1, 0.15) is 41.6 Å². The number of piperidine rings is 1. The van der Waals surface area contributed by atoms with Crippen molar-refractivity contribution < 1.29 is 4.79 Å². The van der Waals surface area contributed by atoms with E-state index in [0.29, 0.717) is 12.1 Å². The van der Waals surface area contributed by atoms with Crippen molar-refractivity contribution in [3.8, 4) is 0 Å². The van der Waals surface area contributed by atoms with Gasteiger partial charge in [-0.2, -0.15) is 0 Å². The molecule has 96 valence electrons. The van der Waals surface area contributed by atoms with E-state index in [0.717, 1.165) is 31.2 Å². The summed E-state index contributed by atoms with van der Waals surface area (Å²) in [5.41, 5.74) is 2.00. The van der Waals surface area contributed by atoms with E-state index in [9.17, 15) is 4.79 Å². The van der Waals surface area contributed by atoms with Crippen LogP contribution >= 0.6 is 11.6 Å². The molecule has 18 heavy (non-hydrogen) atoms. The minimum absolute atomic E-state index is 0.186. The van der Waals surface area contributed by atoms with Gasteiger partial charge in [-0.25, -0.2) is 0 Å². The quantitative estimate of drug-likeness (QED) is 0.712. The second kappa shape index (κ2) is 4.58. The molecular weight excluding hydrogens is 246 g/mol. The molecule has 2 aliphatic heterocycles. The van der Waals surface area contributed by atoms with E-state index < -0.39 is 0 Å². The molecule has 3 rings (SSSR count). The van der Waals surface area contributed by atoms with Gasteiger partial charge >= 0.3 is 0 Å². The van der Waals surface area contributed by atoms with Crippen LogP contribution in [0.15, 0.2) is 24.3 Å². The summed E-state index contributed by atoms with van der Waals surface area (Å²) in [6, 6.07) is 8.60. The Labute approximate surface area is 113 Å². The van der Waals surface area contributed by atoms with Crippen molar-refractivity contribution in [2.45, 2.75) is 50.1 Å². The lowest BCUT2D eigenvalue weighted by molar-refractivity contribution is 0.0599. The number of nitrogens with zero attached hydrogens (tertiary/aromatic N) is 1. The van der Waals surface area contributed by atoms with Crippen LogP contribution in [-0.4, -0.2) is 28.3 Å². The Morgan fingerprint density at radius 3 is 2.28 bits per heavy atom. The fourth-order valence-electron chi connectivity index (χ4n) is 3.29. The Bertz CT molecular complexity index is 442. The van der Waals surface area contributed by atoms with E-state index in [1.807, 2.05) is 31.2 Å². The lowest BCUT2D eigenvalue weighted by atomic mass is 10.0. The molecule has 0 saturated carbocycles. The average Bonchev–Trinajstić information content (AvgIpc) is 2.62. The first-order chi connectivity index (χ1) is 8.65. The van der Waals surface area contributed by atoms with Crippen molar-refractivity contribution in [3.05, 3.63) is 35.4 Å². The Kier molecular flexibility index (Phi) is 3.06. The van der Waals surface area contributed by atoms with Gasteiger partial charge in [0.2, 0.25) is 0 Å². The molecule has 2 aliphatic rings. The number of aryl methyl sites for hydroxylation is 1. The lowest BCUT2D eigenvalue weighted by Gasteiger charge is -2.37. The van der Waals surface area contributed by atoms with Crippen LogP contribution in [0.4, 0.5) is 0 Å². The summed E-state index contributed by atoms with van der Waals surface area (Å²) in [4.78, 5) is 14.6. The summed E-state index contributed by atoms with van der Waals surface area (Å²) < 4.78 is 0. The molecule has 2 atom stereocenters. The molecule has 0 aromatic heterocycles. The molecule has 0 N–H and O–H groups in total. The molecule has 0 spiro atoms. The van der Waals surface area contributed by atoms with Gasteiger partial charge in [0.05, 0.1) is 0 Å². The zero-order chi connectivity index (χ0) is 12.7. The fourth-order valence-corrected chi connectivity index (χ4v) is 3.70. The molecule has 2 nitrogen and oxygen atoms in total. The number of halogens is 1. The lowest BCUT2D eigenvalue weighted by Crippen LogP contribution is -2.46. The van der Waals surface area contributed by atoms with Crippen molar-refractivity contribution in [2.24, 2.45) is 0 Å². The number of amides is 1. The van der Waals surface area contributed by atoms with Crippen LogP contribution in [-0.2, 0) is 0 Å². The normalized spacial score (nSPS) is 30.6. The molecule has 2 fully saturated rings.